The van der Waals surface area contributed by atoms with E-state index in [0.717, 1.165) is 6.42 Å². The molecule has 0 aromatic heterocycles. The Labute approximate surface area is 101 Å². The molecule has 6 nitrogen and oxygen atoms in total. The number of amides is 2. The third-order valence-corrected chi connectivity index (χ3v) is 2.63. The molecule has 1 heterocycles. The van der Waals surface area contributed by atoms with Crippen LogP contribution in [0.5, 0.6) is 0 Å². The zero-order valence-electron chi connectivity index (χ0n) is 10.3. The second-order valence-electron chi connectivity index (χ2n) is 4.56. The molecule has 0 aliphatic carbocycles. The third-order valence-electron chi connectivity index (χ3n) is 2.63. The van der Waals surface area contributed by atoms with Crippen LogP contribution in [0, 0.1) is 5.92 Å². The van der Waals surface area contributed by atoms with Crippen molar-refractivity contribution >= 4 is 12.0 Å². The standard InChI is InChI=1S/C11H20N2O4/c1-8(2)3-4-12-11(16)13-5-6-17-9(7-13)10(14)15/h8-9H,3-7H2,1-2H3,(H,12,16)(H,14,15). The Kier molecular flexibility index (Phi) is 5.21. The van der Waals surface area contributed by atoms with Gasteiger partial charge in [0, 0.05) is 13.1 Å². The van der Waals surface area contributed by atoms with E-state index in [0.29, 0.717) is 19.0 Å². The summed E-state index contributed by atoms with van der Waals surface area (Å²) in [5.41, 5.74) is 0. The van der Waals surface area contributed by atoms with E-state index in [-0.39, 0.29) is 19.2 Å². The fourth-order valence-electron chi connectivity index (χ4n) is 1.56. The van der Waals surface area contributed by atoms with Crippen LogP contribution in [0.4, 0.5) is 4.79 Å². The van der Waals surface area contributed by atoms with Crippen LogP contribution >= 0.6 is 0 Å². The predicted octanol–water partition coefficient (Wildman–Crippen LogP) is 0.527. The number of nitrogens with one attached hydrogen (secondary N) is 1. The summed E-state index contributed by atoms with van der Waals surface area (Å²) in [7, 11) is 0. The van der Waals surface area contributed by atoms with Gasteiger partial charge in [-0.2, -0.15) is 0 Å². The molecule has 2 amide bonds. The molecule has 0 radical (unpaired) electrons. The van der Waals surface area contributed by atoms with E-state index < -0.39 is 12.1 Å². The Balaban J connectivity index is 2.33. The summed E-state index contributed by atoms with van der Waals surface area (Å²) in [5.74, 6) is -0.489. The lowest BCUT2D eigenvalue weighted by Gasteiger charge is -2.30. The second kappa shape index (κ2) is 6.44. The van der Waals surface area contributed by atoms with Gasteiger partial charge in [0.15, 0.2) is 6.10 Å². The van der Waals surface area contributed by atoms with Crippen molar-refractivity contribution in [3.8, 4) is 0 Å². The Hall–Kier alpha value is -1.30. The highest BCUT2D eigenvalue weighted by Gasteiger charge is 2.28. The van der Waals surface area contributed by atoms with Crippen LogP contribution < -0.4 is 5.32 Å². The molecule has 2 N–H and O–H groups in total. The molecule has 1 unspecified atom stereocenters. The Bertz CT molecular complexity index is 281. The van der Waals surface area contributed by atoms with Crippen LogP contribution in [0.2, 0.25) is 0 Å². The van der Waals surface area contributed by atoms with Gasteiger partial charge in [0.25, 0.3) is 0 Å². The number of morpholine rings is 1. The quantitative estimate of drug-likeness (QED) is 0.756. The average Bonchev–Trinajstić information content (AvgIpc) is 2.28. The molecule has 1 atom stereocenters. The van der Waals surface area contributed by atoms with E-state index in [1.54, 1.807) is 0 Å². The number of carbonyl (C=O) groups excluding carboxylic acids is 1. The molecule has 1 aliphatic rings. The number of carboxylic acid groups (broad SMARTS) is 1. The van der Waals surface area contributed by atoms with Gasteiger partial charge in [-0.15, -0.1) is 0 Å². The summed E-state index contributed by atoms with van der Waals surface area (Å²) in [6.45, 7) is 5.61. The first-order chi connectivity index (χ1) is 8.00. The lowest BCUT2D eigenvalue weighted by Crippen LogP contribution is -2.51. The van der Waals surface area contributed by atoms with Gasteiger partial charge in [-0.05, 0) is 12.3 Å². The summed E-state index contributed by atoms with van der Waals surface area (Å²) < 4.78 is 5.04. The van der Waals surface area contributed by atoms with E-state index in [4.69, 9.17) is 9.84 Å². The molecule has 6 heteroatoms. The van der Waals surface area contributed by atoms with Gasteiger partial charge in [-0.25, -0.2) is 9.59 Å². The van der Waals surface area contributed by atoms with Crippen molar-refractivity contribution in [3.05, 3.63) is 0 Å². The van der Waals surface area contributed by atoms with E-state index in [2.05, 4.69) is 19.2 Å². The van der Waals surface area contributed by atoms with Gasteiger partial charge in [0.1, 0.15) is 0 Å². The Morgan fingerprint density at radius 1 is 1.53 bits per heavy atom. The zero-order chi connectivity index (χ0) is 12.8. The molecule has 0 spiro atoms. The lowest BCUT2D eigenvalue weighted by atomic mass is 10.1. The molecule has 0 bridgehead atoms. The SMILES string of the molecule is CC(C)CCNC(=O)N1CCOC(C(=O)O)C1. The molecule has 1 saturated heterocycles. The Morgan fingerprint density at radius 2 is 2.24 bits per heavy atom. The molecule has 17 heavy (non-hydrogen) atoms. The highest BCUT2D eigenvalue weighted by Crippen LogP contribution is 2.06. The summed E-state index contributed by atoms with van der Waals surface area (Å²) in [6.07, 6.45) is 0.0120. The van der Waals surface area contributed by atoms with E-state index in [9.17, 15) is 9.59 Å². The number of urea groups is 1. The molecule has 0 aromatic rings. The number of aliphatic carboxylic acids is 1. The van der Waals surface area contributed by atoms with Gasteiger partial charge in [-0.3, -0.25) is 0 Å². The summed E-state index contributed by atoms with van der Waals surface area (Å²) in [5, 5.41) is 11.6. The maximum atomic E-state index is 11.7. The number of ether oxygens (including phenoxy) is 1. The predicted molar refractivity (Wildman–Crippen MR) is 61.8 cm³/mol. The van der Waals surface area contributed by atoms with Crippen molar-refractivity contribution in [1.29, 1.82) is 0 Å². The number of carbonyl (C=O) groups is 2. The first-order valence-corrected chi connectivity index (χ1v) is 5.88. The van der Waals surface area contributed by atoms with E-state index in [1.165, 1.54) is 4.90 Å². The fourth-order valence-corrected chi connectivity index (χ4v) is 1.56. The molecular weight excluding hydrogens is 224 g/mol. The van der Waals surface area contributed by atoms with Crippen LogP contribution in [0.15, 0.2) is 0 Å². The van der Waals surface area contributed by atoms with Crippen molar-refractivity contribution in [2.24, 2.45) is 5.92 Å². The maximum absolute atomic E-state index is 11.7. The minimum absolute atomic E-state index is 0.114. The first kappa shape index (κ1) is 13.8. The lowest BCUT2D eigenvalue weighted by molar-refractivity contribution is -0.154. The number of rotatable bonds is 4. The number of hydrogen-bond donors (Lipinski definition) is 2. The minimum atomic E-state index is -1.02. The highest BCUT2D eigenvalue weighted by atomic mass is 16.5. The summed E-state index contributed by atoms with van der Waals surface area (Å²) >= 11 is 0. The van der Waals surface area contributed by atoms with Gasteiger partial charge in [0.2, 0.25) is 0 Å². The van der Waals surface area contributed by atoms with Crippen LogP contribution in [0.25, 0.3) is 0 Å². The molecular formula is C11H20N2O4. The van der Waals surface area contributed by atoms with Crippen LogP contribution in [-0.2, 0) is 9.53 Å². The van der Waals surface area contributed by atoms with E-state index >= 15 is 0 Å². The van der Waals surface area contributed by atoms with Crippen molar-refractivity contribution in [2.45, 2.75) is 26.4 Å². The van der Waals surface area contributed by atoms with Gasteiger partial charge >= 0.3 is 12.0 Å². The van der Waals surface area contributed by atoms with Crippen molar-refractivity contribution in [2.75, 3.05) is 26.2 Å². The third kappa shape index (κ3) is 4.60. The summed E-state index contributed by atoms with van der Waals surface area (Å²) in [4.78, 5) is 23.9. The smallest absolute Gasteiger partial charge is 0.334 e. The van der Waals surface area contributed by atoms with Crippen LogP contribution in [0.1, 0.15) is 20.3 Å². The zero-order valence-corrected chi connectivity index (χ0v) is 10.3. The molecule has 1 rings (SSSR count). The fraction of sp³-hybridized carbons (Fsp3) is 0.818. The van der Waals surface area contributed by atoms with E-state index in [1.807, 2.05) is 0 Å². The van der Waals surface area contributed by atoms with Crippen LogP contribution in [-0.4, -0.2) is 54.4 Å². The molecule has 1 fully saturated rings. The monoisotopic (exact) mass is 244 g/mol. The van der Waals surface area contributed by atoms with Crippen molar-refractivity contribution < 1.29 is 19.4 Å². The summed E-state index contributed by atoms with van der Waals surface area (Å²) in [6, 6.07) is -0.208. The number of nitrogens with zero attached hydrogens (tertiary/aromatic N) is 1. The topological polar surface area (TPSA) is 78.9 Å². The minimum Gasteiger partial charge on any atom is -0.479 e. The maximum Gasteiger partial charge on any atom is 0.334 e. The molecule has 98 valence electrons. The van der Waals surface area contributed by atoms with Crippen molar-refractivity contribution in [3.63, 3.8) is 0 Å². The number of hydrogen-bond acceptors (Lipinski definition) is 3. The normalized spacial score (nSPS) is 20.4. The highest BCUT2D eigenvalue weighted by molar-refractivity contribution is 5.77. The average molecular weight is 244 g/mol. The molecule has 0 saturated carbocycles. The Morgan fingerprint density at radius 3 is 2.82 bits per heavy atom. The second-order valence-corrected chi connectivity index (χ2v) is 4.56. The molecule has 0 aromatic carbocycles. The van der Waals surface area contributed by atoms with Crippen LogP contribution in [0.3, 0.4) is 0 Å². The van der Waals surface area contributed by atoms with Gasteiger partial charge in [-0.1, -0.05) is 13.8 Å². The first-order valence-electron chi connectivity index (χ1n) is 5.88. The van der Waals surface area contributed by atoms with Gasteiger partial charge < -0.3 is 20.1 Å². The van der Waals surface area contributed by atoms with Gasteiger partial charge in [0.05, 0.1) is 13.2 Å². The number of carboxylic acids is 1. The molecule has 1 aliphatic heterocycles. The van der Waals surface area contributed by atoms with Crippen molar-refractivity contribution in [1.82, 2.24) is 10.2 Å². The largest absolute Gasteiger partial charge is 0.479 e.